The fourth-order valence-electron chi connectivity index (χ4n) is 0.920. The van der Waals surface area contributed by atoms with Gasteiger partial charge in [-0.05, 0) is 19.9 Å². The largest absolute Gasteiger partial charge is 0.384 e. The van der Waals surface area contributed by atoms with Gasteiger partial charge >= 0.3 is 0 Å². The van der Waals surface area contributed by atoms with Crippen LogP contribution in [-0.4, -0.2) is 9.78 Å². The van der Waals surface area contributed by atoms with E-state index in [1.807, 2.05) is 19.9 Å². The number of aryl methyl sites for hydroxylation is 2. The summed E-state index contributed by atoms with van der Waals surface area (Å²) in [6.07, 6.45) is 0. The first-order chi connectivity index (χ1) is 4.61. The molecule has 1 aromatic heterocycles. The van der Waals surface area contributed by atoms with Crippen molar-refractivity contribution < 1.29 is 0 Å². The van der Waals surface area contributed by atoms with E-state index < -0.39 is 0 Å². The van der Waals surface area contributed by atoms with E-state index in [4.69, 9.17) is 5.73 Å². The first-order valence-electron chi connectivity index (χ1n) is 3.09. The van der Waals surface area contributed by atoms with E-state index >= 15 is 0 Å². The third-order valence-corrected chi connectivity index (χ3v) is 1.28. The molecule has 1 heterocycles. The number of rotatable bonds is 1. The van der Waals surface area contributed by atoms with Crippen LogP contribution in [0.3, 0.4) is 0 Å². The van der Waals surface area contributed by atoms with Gasteiger partial charge < -0.3 is 5.73 Å². The Bertz CT molecular complexity index is 260. The van der Waals surface area contributed by atoms with E-state index in [2.05, 4.69) is 11.7 Å². The Morgan fingerprint density at radius 1 is 1.70 bits per heavy atom. The molecule has 0 aromatic carbocycles. The Kier molecular flexibility index (Phi) is 1.49. The van der Waals surface area contributed by atoms with Crippen molar-refractivity contribution in [2.75, 3.05) is 0 Å². The van der Waals surface area contributed by atoms with Crippen LogP contribution < -0.4 is 5.73 Å². The summed E-state index contributed by atoms with van der Waals surface area (Å²) in [5.41, 5.74) is 7.41. The van der Waals surface area contributed by atoms with Gasteiger partial charge in [0, 0.05) is 5.69 Å². The predicted molar refractivity (Wildman–Crippen MR) is 41.2 cm³/mol. The molecule has 0 fully saturated rings. The maximum absolute atomic E-state index is 5.43. The van der Waals surface area contributed by atoms with Gasteiger partial charge in [-0.2, -0.15) is 5.10 Å². The minimum atomic E-state index is 0.464. The van der Waals surface area contributed by atoms with Gasteiger partial charge in [-0.15, -0.1) is 0 Å². The lowest BCUT2D eigenvalue weighted by Gasteiger charge is -1.99. The monoisotopic (exact) mass is 137 g/mol. The molecular formula is C7H11N3. The molecule has 0 aliphatic rings. The minimum Gasteiger partial charge on any atom is -0.384 e. The highest BCUT2D eigenvalue weighted by Crippen LogP contribution is 2.03. The van der Waals surface area contributed by atoms with Crippen molar-refractivity contribution in [3.8, 4) is 0 Å². The Labute approximate surface area is 60.1 Å². The van der Waals surface area contributed by atoms with Crippen LogP contribution in [0.2, 0.25) is 0 Å². The highest BCUT2D eigenvalue weighted by atomic mass is 15.3. The van der Waals surface area contributed by atoms with Gasteiger partial charge in [-0.25, -0.2) is 4.68 Å². The summed E-state index contributed by atoms with van der Waals surface area (Å²) in [4.78, 5) is 0. The summed E-state index contributed by atoms with van der Waals surface area (Å²) < 4.78 is 1.62. The number of hydrogen-bond donors (Lipinski definition) is 1. The zero-order chi connectivity index (χ0) is 7.72. The molecule has 0 unspecified atom stereocenters. The normalized spacial score (nSPS) is 9.80. The SMILES string of the molecule is C=C(N)n1nc(C)cc1C. The van der Waals surface area contributed by atoms with Gasteiger partial charge in [-0.1, -0.05) is 6.58 Å². The van der Waals surface area contributed by atoms with Crippen molar-refractivity contribution in [3.63, 3.8) is 0 Å². The summed E-state index contributed by atoms with van der Waals surface area (Å²) >= 11 is 0. The van der Waals surface area contributed by atoms with Crippen molar-refractivity contribution in [2.24, 2.45) is 5.73 Å². The van der Waals surface area contributed by atoms with E-state index in [-0.39, 0.29) is 0 Å². The van der Waals surface area contributed by atoms with Gasteiger partial charge in [-0.3, -0.25) is 0 Å². The molecule has 10 heavy (non-hydrogen) atoms. The van der Waals surface area contributed by atoms with Gasteiger partial charge in [0.25, 0.3) is 0 Å². The lowest BCUT2D eigenvalue weighted by molar-refractivity contribution is 0.843. The van der Waals surface area contributed by atoms with E-state index in [0.717, 1.165) is 11.4 Å². The maximum Gasteiger partial charge on any atom is 0.117 e. The molecule has 0 atom stereocenters. The molecule has 0 aliphatic carbocycles. The van der Waals surface area contributed by atoms with Crippen molar-refractivity contribution in [2.45, 2.75) is 13.8 Å². The van der Waals surface area contributed by atoms with Crippen LogP contribution in [-0.2, 0) is 0 Å². The van der Waals surface area contributed by atoms with Crippen LogP contribution in [0.25, 0.3) is 5.82 Å². The summed E-state index contributed by atoms with van der Waals surface area (Å²) in [5.74, 6) is 0.464. The number of nitrogens with two attached hydrogens (primary N) is 1. The minimum absolute atomic E-state index is 0.464. The van der Waals surface area contributed by atoms with E-state index in [1.54, 1.807) is 4.68 Å². The predicted octanol–water partition coefficient (Wildman–Crippen LogP) is 0.887. The highest BCUT2D eigenvalue weighted by Gasteiger charge is 1.99. The van der Waals surface area contributed by atoms with Gasteiger partial charge in [0.1, 0.15) is 5.82 Å². The van der Waals surface area contributed by atoms with Crippen molar-refractivity contribution in [1.82, 2.24) is 9.78 Å². The number of hydrogen-bond acceptors (Lipinski definition) is 2. The lowest BCUT2D eigenvalue weighted by atomic mass is 10.4. The second-order valence-corrected chi connectivity index (χ2v) is 2.33. The Balaban J connectivity index is 3.15. The molecule has 1 aromatic rings. The molecule has 54 valence electrons. The topological polar surface area (TPSA) is 43.8 Å². The molecule has 3 heteroatoms. The Morgan fingerprint density at radius 3 is 2.50 bits per heavy atom. The highest BCUT2D eigenvalue weighted by molar-refractivity contribution is 5.37. The molecule has 2 N–H and O–H groups in total. The molecule has 0 radical (unpaired) electrons. The summed E-state index contributed by atoms with van der Waals surface area (Å²) in [6.45, 7) is 7.44. The molecule has 0 saturated heterocycles. The average Bonchev–Trinajstić information content (AvgIpc) is 2.10. The van der Waals surface area contributed by atoms with Crippen molar-refractivity contribution >= 4 is 5.82 Å². The second kappa shape index (κ2) is 2.17. The number of aromatic nitrogens is 2. The first kappa shape index (κ1) is 6.86. The standard InChI is InChI=1S/C7H11N3/c1-5-4-6(2)10(9-5)7(3)8/h4H,3,8H2,1-2H3. The first-order valence-corrected chi connectivity index (χ1v) is 3.09. The molecule has 0 spiro atoms. The fourth-order valence-corrected chi connectivity index (χ4v) is 0.920. The van der Waals surface area contributed by atoms with E-state index in [1.165, 1.54) is 0 Å². The maximum atomic E-state index is 5.43. The summed E-state index contributed by atoms with van der Waals surface area (Å²) in [5, 5.41) is 4.10. The van der Waals surface area contributed by atoms with Crippen LogP contribution in [0.4, 0.5) is 0 Å². The average molecular weight is 137 g/mol. The van der Waals surface area contributed by atoms with Gasteiger partial charge in [0.2, 0.25) is 0 Å². The van der Waals surface area contributed by atoms with Gasteiger partial charge in [0.05, 0.1) is 5.69 Å². The summed E-state index contributed by atoms with van der Waals surface area (Å²) in [7, 11) is 0. The molecule has 0 amide bonds. The summed E-state index contributed by atoms with van der Waals surface area (Å²) in [6, 6.07) is 1.96. The zero-order valence-electron chi connectivity index (χ0n) is 6.26. The quantitative estimate of drug-likeness (QED) is 0.624. The molecular weight excluding hydrogens is 126 g/mol. The van der Waals surface area contributed by atoms with Gasteiger partial charge in [0.15, 0.2) is 0 Å². The van der Waals surface area contributed by atoms with Crippen LogP contribution in [0.15, 0.2) is 12.6 Å². The smallest absolute Gasteiger partial charge is 0.117 e. The van der Waals surface area contributed by atoms with Crippen LogP contribution in [0, 0.1) is 13.8 Å². The molecule has 0 aliphatic heterocycles. The Morgan fingerprint density at radius 2 is 2.30 bits per heavy atom. The molecule has 0 saturated carbocycles. The third-order valence-electron chi connectivity index (χ3n) is 1.28. The van der Waals surface area contributed by atoms with Crippen LogP contribution in [0.5, 0.6) is 0 Å². The third kappa shape index (κ3) is 1.03. The van der Waals surface area contributed by atoms with E-state index in [9.17, 15) is 0 Å². The zero-order valence-corrected chi connectivity index (χ0v) is 6.26. The van der Waals surface area contributed by atoms with Crippen molar-refractivity contribution in [3.05, 3.63) is 24.0 Å². The Hall–Kier alpha value is -1.25. The lowest BCUT2D eigenvalue weighted by Crippen LogP contribution is -2.07. The second-order valence-electron chi connectivity index (χ2n) is 2.33. The van der Waals surface area contributed by atoms with Crippen LogP contribution >= 0.6 is 0 Å². The van der Waals surface area contributed by atoms with Crippen molar-refractivity contribution in [1.29, 1.82) is 0 Å². The van der Waals surface area contributed by atoms with Crippen LogP contribution in [0.1, 0.15) is 11.4 Å². The fraction of sp³-hybridized carbons (Fsp3) is 0.286. The number of nitrogens with zero attached hydrogens (tertiary/aromatic N) is 2. The molecule has 1 rings (SSSR count). The molecule has 3 nitrogen and oxygen atoms in total. The van der Waals surface area contributed by atoms with E-state index in [0.29, 0.717) is 5.82 Å². The molecule has 0 bridgehead atoms.